The first-order chi connectivity index (χ1) is 25.6. The quantitative estimate of drug-likeness (QED) is 0.165. The van der Waals surface area contributed by atoms with Gasteiger partial charge in [0.1, 0.15) is 7.05 Å². The highest BCUT2D eigenvalue weighted by molar-refractivity contribution is 6.03. The number of nitrogens with zero attached hydrogens (tertiary/aromatic N) is 2. The maximum atomic E-state index is 2.63. The van der Waals surface area contributed by atoms with E-state index in [4.69, 9.17) is 0 Å². The second-order valence-electron chi connectivity index (χ2n) is 14.3. The van der Waals surface area contributed by atoms with Crippen molar-refractivity contribution in [2.75, 3.05) is 18.5 Å². The zero-order chi connectivity index (χ0) is 40.6. The molecule has 2 nitrogen and oxygen atoms in total. The molecule has 2 aromatic rings. The molecule has 0 N–H and O–H groups in total. The molecule has 0 spiro atoms. The molecule has 2 aliphatic heterocycles. The SMILES string of the molecule is CC.CC.CC.CC.CC.CCC(C)CCCCCCN1/C(=C/C=C2C=C(/C=C/C3=[N+](C)c4ccccc4C3(C)C)CCC/2)C(C)(C)c2ccccc21. The van der Waals surface area contributed by atoms with E-state index in [1.807, 2.05) is 69.2 Å². The van der Waals surface area contributed by atoms with Gasteiger partial charge in [-0.05, 0) is 74.3 Å². The normalized spacial score (nSPS) is 18.1. The van der Waals surface area contributed by atoms with Gasteiger partial charge in [0, 0.05) is 41.1 Å². The molecule has 53 heavy (non-hydrogen) atoms. The molecule has 0 saturated heterocycles. The number of allylic oxidation sites excluding steroid dienone is 8. The van der Waals surface area contributed by atoms with E-state index in [0.717, 1.165) is 25.3 Å². The summed E-state index contributed by atoms with van der Waals surface area (Å²) in [5.41, 5.74) is 11.3. The summed E-state index contributed by atoms with van der Waals surface area (Å²) in [5, 5.41) is 0. The van der Waals surface area contributed by atoms with Crippen molar-refractivity contribution in [1.82, 2.24) is 0 Å². The van der Waals surface area contributed by atoms with Crippen molar-refractivity contribution >= 4 is 17.1 Å². The summed E-state index contributed by atoms with van der Waals surface area (Å²) in [4.78, 5) is 2.63. The predicted octanol–water partition coefficient (Wildman–Crippen LogP) is 16.1. The van der Waals surface area contributed by atoms with Gasteiger partial charge in [-0.1, -0.05) is 184 Å². The van der Waals surface area contributed by atoms with Gasteiger partial charge in [-0.15, -0.1) is 0 Å². The highest BCUT2D eigenvalue weighted by Crippen LogP contribution is 2.48. The third kappa shape index (κ3) is 13.3. The van der Waals surface area contributed by atoms with Gasteiger partial charge in [0.25, 0.3) is 0 Å². The lowest BCUT2D eigenvalue weighted by Crippen LogP contribution is -2.27. The fraction of sp³-hybridized carbons (Fsp3) is 0.588. The van der Waals surface area contributed by atoms with E-state index in [1.54, 1.807) is 0 Å². The largest absolute Gasteiger partial charge is 0.344 e. The Hall–Kier alpha value is -3.13. The molecule has 0 fully saturated rings. The average molecular weight is 726 g/mol. The van der Waals surface area contributed by atoms with Gasteiger partial charge < -0.3 is 4.90 Å². The van der Waals surface area contributed by atoms with Crippen molar-refractivity contribution in [3.8, 4) is 0 Å². The van der Waals surface area contributed by atoms with Crippen LogP contribution in [-0.4, -0.2) is 23.9 Å². The summed E-state index contributed by atoms with van der Waals surface area (Å²) in [6.45, 7) is 35.3. The van der Waals surface area contributed by atoms with Crippen molar-refractivity contribution in [3.63, 3.8) is 0 Å². The monoisotopic (exact) mass is 726 g/mol. The molecule has 2 heterocycles. The van der Waals surface area contributed by atoms with Gasteiger partial charge in [0.2, 0.25) is 5.69 Å². The first-order valence-corrected chi connectivity index (χ1v) is 22.0. The number of anilines is 1. The maximum Gasteiger partial charge on any atom is 0.209 e. The Kier molecular flexibility index (Phi) is 25.0. The topological polar surface area (TPSA) is 6.25 Å². The van der Waals surface area contributed by atoms with Crippen LogP contribution in [-0.2, 0) is 10.8 Å². The minimum Gasteiger partial charge on any atom is -0.344 e. The number of hydrogen-bond acceptors (Lipinski definition) is 1. The minimum atomic E-state index is 0.00954. The van der Waals surface area contributed by atoms with Gasteiger partial charge in [0.15, 0.2) is 5.71 Å². The maximum absolute atomic E-state index is 2.63. The number of para-hydroxylation sites is 2. The molecule has 2 aromatic carbocycles. The molecule has 0 amide bonds. The van der Waals surface area contributed by atoms with E-state index in [1.165, 1.54) is 90.0 Å². The van der Waals surface area contributed by atoms with Crippen LogP contribution in [0.5, 0.6) is 0 Å². The van der Waals surface area contributed by atoms with Crippen LogP contribution < -0.4 is 4.90 Å². The predicted molar refractivity (Wildman–Crippen MR) is 244 cm³/mol. The molecule has 0 saturated carbocycles. The molecule has 5 rings (SSSR count). The number of fused-ring (bicyclic) bond motifs is 2. The molecule has 3 aliphatic rings. The number of unbranched alkanes of at least 4 members (excludes halogenated alkanes) is 3. The van der Waals surface area contributed by atoms with Crippen LogP contribution in [0.2, 0.25) is 0 Å². The molecule has 1 unspecified atom stereocenters. The van der Waals surface area contributed by atoms with E-state index in [9.17, 15) is 0 Å². The summed E-state index contributed by atoms with van der Waals surface area (Å²) < 4.78 is 2.37. The lowest BCUT2D eigenvalue weighted by atomic mass is 9.81. The summed E-state index contributed by atoms with van der Waals surface area (Å²) in [6.07, 6.45) is 23.5. The third-order valence-electron chi connectivity index (χ3n) is 10.5. The highest BCUT2D eigenvalue weighted by atomic mass is 15.2. The smallest absolute Gasteiger partial charge is 0.209 e. The van der Waals surface area contributed by atoms with Gasteiger partial charge in [-0.2, -0.15) is 4.58 Å². The summed E-state index contributed by atoms with van der Waals surface area (Å²) >= 11 is 0. The zero-order valence-corrected chi connectivity index (χ0v) is 38.0. The number of rotatable bonds is 11. The van der Waals surface area contributed by atoms with E-state index in [0.29, 0.717) is 0 Å². The Morgan fingerprint density at radius 2 is 1.28 bits per heavy atom. The highest BCUT2D eigenvalue weighted by Gasteiger charge is 2.42. The van der Waals surface area contributed by atoms with E-state index < -0.39 is 0 Å². The Morgan fingerprint density at radius 1 is 0.698 bits per heavy atom. The van der Waals surface area contributed by atoms with Crippen LogP contribution in [0, 0.1) is 5.92 Å². The van der Waals surface area contributed by atoms with Crippen molar-refractivity contribution in [3.05, 3.63) is 107 Å². The van der Waals surface area contributed by atoms with Crippen molar-refractivity contribution < 1.29 is 4.58 Å². The molecular formula is C51H85N2+. The average Bonchev–Trinajstić information content (AvgIpc) is 3.55. The molecule has 0 bridgehead atoms. The zero-order valence-electron chi connectivity index (χ0n) is 38.0. The Balaban J connectivity index is 0.00000249. The second-order valence-corrected chi connectivity index (χ2v) is 14.3. The van der Waals surface area contributed by atoms with Crippen LogP contribution in [0.15, 0.2) is 95.8 Å². The Bertz CT molecular complexity index is 1460. The Morgan fingerprint density at radius 3 is 1.91 bits per heavy atom. The van der Waals surface area contributed by atoms with Crippen LogP contribution >= 0.6 is 0 Å². The molecular weight excluding hydrogens is 641 g/mol. The summed E-state index contributed by atoms with van der Waals surface area (Å²) in [6, 6.07) is 17.9. The van der Waals surface area contributed by atoms with Gasteiger partial charge in [-0.25, -0.2) is 0 Å². The molecule has 298 valence electrons. The molecule has 1 atom stereocenters. The van der Waals surface area contributed by atoms with Crippen LogP contribution in [0.4, 0.5) is 11.4 Å². The van der Waals surface area contributed by atoms with Crippen molar-refractivity contribution in [2.24, 2.45) is 5.92 Å². The fourth-order valence-electron chi connectivity index (χ4n) is 7.52. The molecule has 1 aliphatic carbocycles. The van der Waals surface area contributed by atoms with Crippen LogP contribution in [0.3, 0.4) is 0 Å². The first kappa shape index (κ1) is 49.9. The van der Waals surface area contributed by atoms with Gasteiger partial charge in [-0.3, -0.25) is 0 Å². The lowest BCUT2D eigenvalue weighted by Gasteiger charge is -2.27. The summed E-state index contributed by atoms with van der Waals surface area (Å²) in [7, 11) is 2.21. The van der Waals surface area contributed by atoms with Crippen molar-refractivity contribution in [2.45, 2.75) is 179 Å². The number of hydrogen-bond donors (Lipinski definition) is 0. The number of benzene rings is 2. The van der Waals surface area contributed by atoms with E-state index in [-0.39, 0.29) is 10.8 Å². The van der Waals surface area contributed by atoms with Crippen molar-refractivity contribution in [1.29, 1.82) is 0 Å². The fourth-order valence-corrected chi connectivity index (χ4v) is 7.52. The molecule has 0 radical (unpaired) electrons. The van der Waals surface area contributed by atoms with Gasteiger partial charge >= 0.3 is 0 Å². The van der Waals surface area contributed by atoms with E-state index in [2.05, 4.69) is 137 Å². The molecule has 0 aromatic heterocycles. The van der Waals surface area contributed by atoms with Crippen LogP contribution in [0.25, 0.3) is 0 Å². The van der Waals surface area contributed by atoms with E-state index >= 15 is 0 Å². The second kappa shape index (κ2) is 26.6. The third-order valence-corrected chi connectivity index (χ3v) is 10.5. The molecule has 2 heteroatoms. The summed E-state index contributed by atoms with van der Waals surface area (Å²) in [5.74, 6) is 0.866. The van der Waals surface area contributed by atoms with Gasteiger partial charge in [0.05, 0.1) is 5.41 Å². The van der Waals surface area contributed by atoms with Crippen LogP contribution in [0.1, 0.15) is 180 Å². The first-order valence-electron chi connectivity index (χ1n) is 22.0. The lowest BCUT2D eigenvalue weighted by molar-refractivity contribution is -0.401. The minimum absolute atomic E-state index is 0.00954. The standard InChI is InChI=1S/C41H55N2.5C2H6/c1-8-31(2)18-11-9-10-16-29-43-37-24-15-13-22-35(37)41(5,6)39(43)28-26-33-20-17-19-32(30-33)25-27-38-40(3,4)34-21-12-14-23-36(34)42(38)7;5*1-2/h12-15,21-28,30-31H,8-11,16-20,29H2,1-7H3;5*1-2H3/q+1;;;;;. The Labute approximate surface area is 331 Å².